The highest BCUT2D eigenvalue weighted by Crippen LogP contribution is 2.43. The molecule has 0 atom stereocenters. The summed E-state index contributed by atoms with van der Waals surface area (Å²) >= 11 is 0. The molecule has 3 nitrogen and oxygen atoms in total. The summed E-state index contributed by atoms with van der Waals surface area (Å²) in [5.74, 6) is 0. The second kappa shape index (κ2) is 10.9. The van der Waals surface area contributed by atoms with Gasteiger partial charge >= 0.3 is 7.12 Å². The van der Waals surface area contributed by atoms with Crippen molar-refractivity contribution in [3.63, 3.8) is 0 Å². The molecule has 0 bridgehead atoms. The monoisotopic (exact) mass is 597 g/mol. The van der Waals surface area contributed by atoms with Crippen molar-refractivity contribution < 1.29 is 9.31 Å². The number of hydrogen-bond acceptors (Lipinski definition) is 2. The van der Waals surface area contributed by atoms with Crippen molar-refractivity contribution in [1.29, 1.82) is 0 Å². The summed E-state index contributed by atoms with van der Waals surface area (Å²) in [4.78, 5) is 0. The average Bonchev–Trinajstić information content (AvgIpc) is 3.54. The molecule has 1 saturated heterocycles. The van der Waals surface area contributed by atoms with Crippen LogP contribution >= 0.6 is 0 Å². The minimum Gasteiger partial charge on any atom is -0.399 e. The summed E-state index contributed by atoms with van der Waals surface area (Å²) in [6.07, 6.45) is 0. The van der Waals surface area contributed by atoms with Gasteiger partial charge < -0.3 is 13.9 Å². The Kier molecular flexibility index (Phi) is 6.75. The van der Waals surface area contributed by atoms with Crippen molar-refractivity contribution in [2.75, 3.05) is 0 Å². The van der Waals surface area contributed by atoms with E-state index in [2.05, 4.69) is 178 Å². The molecule has 1 aliphatic heterocycles. The quantitative estimate of drug-likeness (QED) is 0.184. The molecule has 46 heavy (non-hydrogen) atoms. The molecule has 224 valence electrons. The zero-order valence-corrected chi connectivity index (χ0v) is 26.7. The van der Waals surface area contributed by atoms with E-state index in [4.69, 9.17) is 9.31 Å². The molecule has 1 fully saturated rings. The van der Waals surface area contributed by atoms with Crippen molar-refractivity contribution in [1.82, 2.24) is 4.57 Å². The Labute approximate surface area is 271 Å². The van der Waals surface area contributed by atoms with Gasteiger partial charge in [-0.25, -0.2) is 0 Å². The number of rotatable bonds is 5. The molecule has 2 heterocycles. The molecule has 8 rings (SSSR count). The molecule has 0 aliphatic carbocycles. The van der Waals surface area contributed by atoms with Gasteiger partial charge in [0.05, 0.1) is 22.2 Å². The lowest BCUT2D eigenvalue weighted by Gasteiger charge is -2.32. The van der Waals surface area contributed by atoms with Gasteiger partial charge in [0.15, 0.2) is 0 Å². The van der Waals surface area contributed by atoms with Crippen LogP contribution in [0.4, 0.5) is 0 Å². The maximum absolute atomic E-state index is 6.71. The predicted octanol–water partition coefficient (Wildman–Crippen LogP) is 10.1. The maximum Gasteiger partial charge on any atom is 0.497 e. The molecule has 0 N–H and O–H groups in total. The number of hydrogen-bond donors (Lipinski definition) is 0. The molecule has 0 amide bonds. The lowest BCUT2D eigenvalue weighted by Crippen LogP contribution is -2.41. The van der Waals surface area contributed by atoms with Crippen molar-refractivity contribution in [2.24, 2.45) is 0 Å². The number of benzene rings is 6. The summed E-state index contributed by atoms with van der Waals surface area (Å²) < 4.78 is 15.9. The molecule has 7 aromatic rings. The van der Waals surface area contributed by atoms with E-state index in [1.165, 1.54) is 44.2 Å². The van der Waals surface area contributed by atoms with Crippen LogP contribution in [0, 0.1) is 0 Å². The first-order valence-electron chi connectivity index (χ1n) is 16.0. The summed E-state index contributed by atoms with van der Waals surface area (Å²) in [6, 6.07) is 52.1. The van der Waals surface area contributed by atoms with E-state index in [1.807, 2.05) is 0 Å². The Bertz CT molecular complexity index is 2190. The van der Waals surface area contributed by atoms with Crippen LogP contribution in [0.1, 0.15) is 27.7 Å². The fraction of sp³-hybridized carbons (Fsp3) is 0.143. The number of fused-ring (bicyclic) bond motifs is 3. The normalized spacial score (nSPS) is 15.5. The van der Waals surface area contributed by atoms with Gasteiger partial charge in [0.25, 0.3) is 0 Å². The van der Waals surface area contributed by atoms with Crippen LogP contribution in [0.2, 0.25) is 0 Å². The van der Waals surface area contributed by atoms with Crippen LogP contribution in [-0.2, 0) is 9.31 Å². The Hall–Kier alpha value is -4.90. The van der Waals surface area contributed by atoms with Crippen molar-refractivity contribution in [2.45, 2.75) is 38.9 Å². The Morgan fingerprint density at radius 1 is 0.457 bits per heavy atom. The maximum atomic E-state index is 6.71. The minimum absolute atomic E-state index is 0.459. The van der Waals surface area contributed by atoms with Gasteiger partial charge in [0.2, 0.25) is 0 Å². The molecule has 0 unspecified atom stereocenters. The van der Waals surface area contributed by atoms with Gasteiger partial charge in [-0.15, -0.1) is 0 Å². The lowest BCUT2D eigenvalue weighted by atomic mass is 9.77. The number of para-hydroxylation sites is 1. The van der Waals surface area contributed by atoms with E-state index in [1.54, 1.807) is 0 Å². The summed E-state index contributed by atoms with van der Waals surface area (Å²) in [5, 5.41) is 2.36. The molecular weight excluding hydrogens is 561 g/mol. The zero-order chi connectivity index (χ0) is 31.5. The largest absolute Gasteiger partial charge is 0.497 e. The molecule has 1 aromatic heterocycles. The topological polar surface area (TPSA) is 23.4 Å². The molecule has 0 saturated carbocycles. The van der Waals surface area contributed by atoms with Crippen LogP contribution in [-0.4, -0.2) is 22.9 Å². The fourth-order valence-electron chi connectivity index (χ4n) is 6.73. The van der Waals surface area contributed by atoms with Gasteiger partial charge in [-0.05, 0) is 79.8 Å². The predicted molar refractivity (Wildman–Crippen MR) is 193 cm³/mol. The molecular formula is C42H36BNO2. The smallest absolute Gasteiger partial charge is 0.399 e. The van der Waals surface area contributed by atoms with Crippen LogP contribution in [0.3, 0.4) is 0 Å². The molecule has 4 heteroatoms. The highest BCUT2D eigenvalue weighted by atomic mass is 16.7. The third kappa shape index (κ3) is 4.68. The Morgan fingerprint density at radius 3 is 1.63 bits per heavy atom. The van der Waals surface area contributed by atoms with Gasteiger partial charge in [-0.3, -0.25) is 0 Å². The summed E-state index contributed by atoms with van der Waals surface area (Å²) in [7, 11) is -0.511. The summed E-state index contributed by atoms with van der Waals surface area (Å²) in [6.45, 7) is 8.47. The Balaban J connectivity index is 1.50. The van der Waals surface area contributed by atoms with Crippen LogP contribution < -0.4 is 5.46 Å². The second-order valence-electron chi connectivity index (χ2n) is 13.2. The second-order valence-corrected chi connectivity index (χ2v) is 13.2. The van der Waals surface area contributed by atoms with E-state index in [0.717, 1.165) is 22.2 Å². The molecule has 0 radical (unpaired) electrons. The van der Waals surface area contributed by atoms with Gasteiger partial charge in [0, 0.05) is 27.5 Å². The van der Waals surface area contributed by atoms with E-state index < -0.39 is 18.3 Å². The van der Waals surface area contributed by atoms with Crippen LogP contribution in [0.15, 0.2) is 146 Å². The van der Waals surface area contributed by atoms with Crippen LogP contribution in [0.5, 0.6) is 0 Å². The first kappa shape index (κ1) is 28.6. The average molecular weight is 598 g/mol. The summed E-state index contributed by atoms with van der Waals surface area (Å²) in [5.41, 5.74) is 10.5. The first-order valence-corrected chi connectivity index (χ1v) is 16.0. The highest BCUT2D eigenvalue weighted by Gasteiger charge is 2.52. The van der Waals surface area contributed by atoms with E-state index in [9.17, 15) is 0 Å². The SMILES string of the molecule is CC1(C)OB(c2cccc3c4cc(-c5ccccc5)cc(-c5ccccc5)c4n(-c4cccc(-c5ccccc5)c4)c23)OC1(C)C. The van der Waals surface area contributed by atoms with Crippen molar-refractivity contribution in [3.8, 4) is 39.1 Å². The molecule has 1 aliphatic rings. The number of nitrogens with zero attached hydrogens (tertiary/aromatic N) is 1. The first-order chi connectivity index (χ1) is 22.3. The third-order valence-corrected chi connectivity index (χ3v) is 9.83. The standard InChI is InChI=1S/C42H36BNO2/c1-41(2)42(3,4)46-43(45-41)38-25-15-24-35-37-28-33(30-18-10-6-11-19-30)27-36(31-20-12-7-13-21-31)39(37)44(40(35)38)34-23-14-22-32(26-34)29-16-8-5-9-17-29/h5-28H,1-4H3. The molecule has 0 spiro atoms. The minimum atomic E-state index is -0.511. The van der Waals surface area contributed by atoms with Gasteiger partial charge in [-0.2, -0.15) is 0 Å². The van der Waals surface area contributed by atoms with E-state index in [0.29, 0.717) is 0 Å². The van der Waals surface area contributed by atoms with Gasteiger partial charge in [-0.1, -0.05) is 121 Å². The Morgan fingerprint density at radius 2 is 1.00 bits per heavy atom. The highest BCUT2D eigenvalue weighted by molar-refractivity contribution is 6.65. The third-order valence-electron chi connectivity index (χ3n) is 9.83. The van der Waals surface area contributed by atoms with Crippen molar-refractivity contribution in [3.05, 3.63) is 146 Å². The van der Waals surface area contributed by atoms with Crippen LogP contribution in [0.25, 0.3) is 60.9 Å². The van der Waals surface area contributed by atoms with Gasteiger partial charge in [0.1, 0.15) is 0 Å². The van der Waals surface area contributed by atoms with E-state index in [-0.39, 0.29) is 0 Å². The number of aromatic nitrogens is 1. The van der Waals surface area contributed by atoms with Crippen molar-refractivity contribution >= 4 is 34.4 Å². The van der Waals surface area contributed by atoms with E-state index >= 15 is 0 Å². The zero-order valence-electron chi connectivity index (χ0n) is 26.7. The lowest BCUT2D eigenvalue weighted by molar-refractivity contribution is 0.00578. The molecule has 6 aromatic carbocycles. The fourth-order valence-corrected chi connectivity index (χ4v) is 6.73.